The van der Waals surface area contributed by atoms with Crippen LogP contribution in [0.2, 0.25) is 0 Å². The van der Waals surface area contributed by atoms with Crippen LogP contribution in [0.5, 0.6) is 11.5 Å². The standard InChI is InChI=1S/C26H29IN2O5S/c1-5-12-34-23-20(27)13-17(14-21(23)32-7-3)15-22-24(30)29(6-2)26(35-22)28-19-11-9-10-18(16-19)25(31)33-8-4/h9-11,13-16H,5-8,12H2,1-4H3. The SMILES string of the molecule is CCCOc1c(I)cc(C=C2SC(=Nc3cccc(C(=O)OCC)c3)N(CC)C2=O)cc1OCC. The fraction of sp³-hybridized carbons (Fsp3) is 0.346. The van der Waals surface area contributed by atoms with Gasteiger partial charge in [-0.15, -0.1) is 0 Å². The van der Waals surface area contributed by atoms with Gasteiger partial charge < -0.3 is 14.2 Å². The Kier molecular flexibility index (Phi) is 10.0. The first-order valence-corrected chi connectivity index (χ1v) is 13.5. The largest absolute Gasteiger partial charge is 0.490 e. The molecule has 35 heavy (non-hydrogen) atoms. The number of halogens is 1. The average molecular weight is 608 g/mol. The van der Waals surface area contributed by atoms with E-state index in [1.165, 1.54) is 11.8 Å². The number of ether oxygens (including phenoxy) is 3. The van der Waals surface area contributed by atoms with Gasteiger partial charge in [0.15, 0.2) is 16.7 Å². The van der Waals surface area contributed by atoms with Crippen LogP contribution in [0.1, 0.15) is 50.0 Å². The highest BCUT2D eigenvalue weighted by Crippen LogP contribution is 2.38. The van der Waals surface area contributed by atoms with Crippen LogP contribution in [-0.4, -0.2) is 48.3 Å². The number of hydrogen-bond acceptors (Lipinski definition) is 7. The Bertz CT molecular complexity index is 1150. The van der Waals surface area contributed by atoms with Gasteiger partial charge in [-0.3, -0.25) is 9.69 Å². The summed E-state index contributed by atoms with van der Waals surface area (Å²) in [5.74, 6) is 0.869. The van der Waals surface area contributed by atoms with Crippen LogP contribution >= 0.6 is 34.4 Å². The molecule has 0 aliphatic carbocycles. The zero-order chi connectivity index (χ0) is 25.4. The number of carbonyl (C=O) groups is 2. The van der Waals surface area contributed by atoms with Gasteiger partial charge in [0.05, 0.1) is 39.5 Å². The van der Waals surface area contributed by atoms with Crippen molar-refractivity contribution in [3.8, 4) is 11.5 Å². The minimum absolute atomic E-state index is 0.114. The maximum atomic E-state index is 13.1. The predicted octanol–water partition coefficient (Wildman–Crippen LogP) is 6.28. The lowest BCUT2D eigenvalue weighted by Gasteiger charge is -2.14. The van der Waals surface area contributed by atoms with Gasteiger partial charge in [-0.2, -0.15) is 0 Å². The molecular formula is C26H29IN2O5S. The van der Waals surface area contributed by atoms with E-state index in [9.17, 15) is 9.59 Å². The Morgan fingerprint density at radius 2 is 1.91 bits per heavy atom. The van der Waals surface area contributed by atoms with Crippen molar-refractivity contribution in [2.45, 2.75) is 34.1 Å². The van der Waals surface area contributed by atoms with Crippen molar-refractivity contribution in [1.82, 2.24) is 4.90 Å². The summed E-state index contributed by atoms with van der Waals surface area (Å²) in [5, 5.41) is 0.562. The third kappa shape index (κ3) is 6.78. The van der Waals surface area contributed by atoms with E-state index < -0.39 is 5.97 Å². The first kappa shape index (κ1) is 27.1. The van der Waals surface area contributed by atoms with Crippen LogP contribution in [0, 0.1) is 3.57 Å². The normalized spacial score (nSPS) is 15.7. The van der Waals surface area contributed by atoms with Gasteiger partial charge in [0.25, 0.3) is 5.91 Å². The number of hydrogen-bond donors (Lipinski definition) is 0. The van der Waals surface area contributed by atoms with Crippen molar-refractivity contribution in [1.29, 1.82) is 0 Å². The minimum Gasteiger partial charge on any atom is -0.490 e. The molecular weight excluding hydrogens is 579 g/mol. The van der Waals surface area contributed by atoms with Crippen molar-refractivity contribution in [2.24, 2.45) is 4.99 Å². The monoisotopic (exact) mass is 608 g/mol. The molecule has 1 amide bonds. The van der Waals surface area contributed by atoms with E-state index in [1.807, 2.05) is 32.1 Å². The molecule has 0 unspecified atom stereocenters. The lowest BCUT2D eigenvalue weighted by molar-refractivity contribution is -0.122. The van der Waals surface area contributed by atoms with Crippen molar-refractivity contribution < 1.29 is 23.8 Å². The van der Waals surface area contributed by atoms with E-state index in [2.05, 4.69) is 34.5 Å². The van der Waals surface area contributed by atoms with Gasteiger partial charge in [-0.1, -0.05) is 13.0 Å². The highest BCUT2D eigenvalue weighted by Gasteiger charge is 2.32. The lowest BCUT2D eigenvalue weighted by atomic mass is 10.2. The molecule has 7 nitrogen and oxygen atoms in total. The number of nitrogens with zero attached hydrogens (tertiary/aromatic N) is 2. The Labute approximate surface area is 224 Å². The van der Waals surface area contributed by atoms with E-state index in [-0.39, 0.29) is 5.91 Å². The van der Waals surface area contributed by atoms with E-state index in [0.717, 1.165) is 21.3 Å². The van der Waals surface area contributed by atoms with Crippen LogP contribution < -0.4 is 9.47 Å². The van der Waals surface area contributed by atoms with Crippen LogP contribution in [0.4, 0.5) is 5.69 Å². The molecule has 1 aliphatic rings. The van der Waals surface area contributed by atoms with Crippen LogP contribution in [0.15, 0.2) is 46.3 Å². The molecule has 0 atom stereocenters. The third-order valence-corrected chi connectivity index (χ3v) is 6.67. The summed E-state index contributed by atoms with van der Waals surface area (Å²) in [5.41, 5.74) is 1.85. The van der Waals surface area contributed by atoms with E-state index in [0.29, 0.717) is 53.4 Å². The smallest absolute Gasteiger partial charge is 0.338 e. The fourth-order valence-electron chi connectivity index (χ4n) is 3.33. The van der Waals surface area contributed by atoms with Crippen molar-refractivity contribution >= 4 is 63.2 Å². The third-order valence-electron chi connectivity index (χ3n) is 4.87. The molecule has 0 spiro atoms. The Balaban J connectivity index is 1.93. The Morgan fingerprint density at radius 3 is 2.60 bits per heavy atom. The molecule has 0 aromatic heterocycles. The highest BCUT2D eigenvalue weighted by molar-refractivity contribution is 14.1. The first-order chi connectivity index (χ1) is 16.9. The molecule has 9 heteroatoms. The van der Waals surface area contributed by atoms with Crippen LogP contribution in [0.3, 0.4) is 0 Å². The highest BCUT2D eigenvalue weighted by atomic mass is 127. The minimum atomic E-state index is -0.399. The van der Waals surface area contributed by atoms with Gasteiger partial charge in [-0.05, 0) is 104 Å². The van der Waals surface area contributed by atoms with Crippen LogP contribution in [-0.2, 0) is 9.53 Å². The van der Waals surface area contributed by atoms with Gasteiger partial charge in [0, 0.05) is 6.54 Å². The summed E-state index contributed by atoms with van der Waals surface area (Å²) >= 11 is 3.54. The topological polar surface area (TPSA) is 77.4 Å². The zero-order valence-electron chi connectivity index (χ0n) is 20.3. The molecule has 0 N–H and O–H groups in total. The summed E-state index contributed by atoms with van der Waals surface area (Å²) in [6.45, 7) is 9.55. The molecule has 0 saturated carbocycles. The van der Waals surface area contributed by atoms with Gasteiger partial charge in [0.2, 0.25) is 0 Å². The molecule has 1 fully saturated rings. The average Bonchev–Trinajstić information content (AvgIpc) is 3.12. The molecule has 0 radical (unpaired) electrons. The molecule has 0 bridgehead atoms. The van der Waals surface area contributed by atoms with Crippen molar-refractivity contribution in [3.63, 3.8) is 0 Å². The van der Waals surface area contributed by atoms with E-state index >= 15 is 0 Å². The summed E-state index contributed by atoms with van der Waals surface area (Å²) in [7, 11) is 0. The second-order valence-corrected chi connectivity index (χ2v) is 9.61. The lowest BCUT2D eigenvalue weighted by Crippen LogP contribution is -2.28. The summed E-state index contributed by atoms with van der Waals surface area (Å²) < 4.78 is 17.7. The van der Waals surface area contributed by atoms with Crippen LogP contribution in [0.25, 0.3) is 6.08 Å². The second-order valence-electron chi connectivity index (χ2n) is 7.44. The number of esters is 1. The molecule has 1 heterocycles. The van der Waals surface area contributed by atoms with Gasteiger partial charge in [0.1, 0.15) is 0 Å². The molecule has 2 aromatic carbocycles. The number of amides is 1. The molecule has 186 valence electrons. The summed E-state index contributed by atoms with van der Waals surface area (Å²) in [4.78, 5) is 32.1. The maximum Gasteiger partial charge on any atom is 0.338 e. The Hall–Kier alpha value is -2.53. The second kappa shape index (κ2) is 13.0. The fourth-order valence-corrected chi connectivity index (χ4v) is 5.17. The maximum absolute atomic E-state index is 13.1. The number of aliphatic imine (C=N–C) groups is 1. The molecule has 3 rings (SSSR count). The summed E-state index contributed by atoms with van der Waals surface area (Å²) in [6.07, 6.45) is 2.75. The number of likely N-dealkylation sites (N-methyl/N-ethyl adjacent to an activating group) is 1. The van der Waals surface area contributed by atoms with Crippen molar-refractivity contribution in [3.05, 3.63) is 56.0 Å². The van der Waals surface area contributed by atoms with Gasteiger partial charge in [-0.25, -0.2) is 9.79 Å². The number of carbonyl (C=O) groups excluding carboxylic acids is 2. The molecule has 2 aromatic rings. The number of amidine groups is 1. The Morgan fingerprint density at radius 1 is 1.11 bits per heavy atom. The van der Waals surface area contributed by atoms with E-state index in [1.54, 1.807) is 36.1 Å². The summed E-state index contributed by atoms with van der Waals surface area (Å²) in [6, 6.07) is 10.8. The molecule has 1 aliphatic heterocycles. The van der Waals surface area contributed by atoms with Gasteiger partial charge >= 0.3 is 5.97 Å². The predicted molar refractivity (Wildman–Crippen MR) is 149 cm³/mol. The quantitative estimate of drug-likeness (QED) is 0.180. The molecule has 1 saturated heterocycles. The number of thioether (sulfide) groups is 1. The number of benzene rings is 2. The first-order valence-electron chi connectivity index (χ1n) is 11.6. The number of rotatable bonds is 10. The van der Waals surface area contributed by atoms with E-state index in [4.69, 9.17) is 14.2 Å². The van der Waals surface area contributed by atoms with Crippen molar-refractivity contribution in [2.75, 3.05) is 26.4 Å². The zero-order valence-corrected chi connectivity index (χ0v) is 23.3.